The van der Waals surface area contributed by atoms with E-state index in [0.717, 1.165) is 6.07 Å². The number of sulfonamides is 1. The van der Waals surface area contributed by atoms with E-state index >= 15 is 0 Å². The molecule has 0 aliphatic heterocycles. The van der Waals surface area contributed by atoms with E-state index in [1.54, 1.807) is 0 Å². The van der Waals surface area contributed by atoms with E-state index in [1.165, 1.54) is 18.4 Å². The summed E-state index contributed by atoms with van der Waals surface area (Å²) in [5.74, 6) is 0.139. The summed E-state index contributed by atoms with van der Waals surface area (Å²) in [5, 5.41) is 13.9. The fourth-order valence-corrected chi connectivity index (χ4v) is 3.34. The number of nitro benzene ring substituents is 1. The lowest BCUT2D eigenvalue weighted by Gasteiger charge is -2.09. The molecule has 0 bridgehead atoms. The van der Waals surface area contributed by atoms with Gasteiger partial charge in [0, 0.05) is 47.7 Å². The predicted octanol–water partition coefficient (Wildman–Crippen LogP) is 0.683. The Kier molecular flexibility index (Phi) is 6.24. The Bertz CT molecular complexity index is 645. The van der Waals surface area contributed by atoms with Crippen LogP contribution in [-0.2, 0) is 20.8 Å². The first kappa shape index (κ1) is 17.5. The van der Waals surface area contributed by atoms with Crippen LogP contribution >= 0.6 is 0 Å². The van der Waals surface area contributed by atoms with Gasteiger partial charge in [0.1, 0.15) is 0 Å². The molecule has 118 valence electrons. The number of hydrogen-bond acceptors (Lipinski definition) is 6. The van der Waals surface area contributed by atoms with Gasteiger partial charge in [-0.05, 0) is 19.1 Å². The number of benzene rings is 1. The van der Waals surface area contributed by atoms with E-state index in [4.69, 9.17) is 0 Å². The summed E-state index contributed by atoms with van der Waals surface area (Å²) in [5.41, 5.74) is -0.0238. The summed E-state index contributed by atoms with van der Waals surface area (Å²) in [6, 6.07) is 3.80. The second-order valence-electron chi connectivity index (χ2n) is 4.15. The van der Waals surface area contributed by atoms with Crippen molar-refractivity contribution in [1.82, 2.24) is 4.72 Å². The van der Waals surface area contributed by atoms with Gasteiger partial charge in [-0.2, -0.15) is 0 Å². The molecule has 21 heavy (non-hydrogen) atoms. The molecule has 1 rings (SSSR count). The van der Waals surface area contributed by atoms with Crippen molar-refractivity contribution in [2.24, 2.45) is 0 Å². The summed E-state index contributed by atoms with van der Waals surface area (Å²) in [4.78, 5) is 9.81. The predicted molar refractivity (Wildman–Crippen MR) is 81.4 cm³/mol. The molecule has 0 saturated carbocycles. The number of rotatable bonds is 8. The van der Waals surface area contributed by atoms with Gasteiger partial charge in [0.05, 0.1) is 4.92 Å². The van der Waals surface area contributed by atoms with Gasteiger partial charge >= 0.3 is 0 Å². The Morgan fingerprint density at radius 1 is 1.38 bits per heavy atom. The summed E-state index contributed by atoms with van der Waals surface area (Å²) < 4.78 is 37.5. The molecular weight excluding hydrogens is 318 g/mol. The van der Waals surface area contributed by atoms with E-state index in [9.17, 15) is 22.7 Å². The van der Waals surface area contributed by atoms with Crippen molar-refractivity contribution in [2.45, 2.75) is 11.8 Å². The molecule has 0 aliphatic rings. The van der Waals surface area contributed by atoms with Crippen molar-refractivity contribution >= 4 is 32.2 Å². The Labute approximate surface area is 125 Å². The Balaban J connectivity index is 3.14. The van der Waals surface area contributed by atoms with E-state index in [2.05, 4.69) is 10.0 Å². The van der Waals surface area contributed by atoms with Crippen LogP contribution < -0.4 is 10.0 Å². The lowest BCUT2D eigenvalue weighted by Crippen LogP contribution is -2.28. The molecule has 2 N–H and O–H groups in total. The first-order valence-electron chi connectivity index (χ1n) is 6.10. The van der Waals surface area contributed by atoms with E-state index in [-0.39, 0.29) is 12.3 Å². The zero-order chi connectivity index (χ0) is 16.0. The highest BCUT2D eigenvalue weighted by Gasteiger charge is 2.25. The minimum absolute atomic E-state index is 0.0476. The van der Waals surface area contributed by atoms with Crippen LogP contribution in [0.4, 0.5) is 11.4 Å². The topological polar surface area (TPSA) is 118 Å². The minimum Gasteiger partial charge on any atom is -0.385 e. The fraction of sp³-hybridized carbons (Fsp3) is 0.455. The molecule has 0 spiro atoms. The van der Waals surface area contributed by atoms with Gasteiger partial charge in [0.2, 0.25) is 10.0 Å². The van der Waals surface area contributed by atoms with Gasteiger partial charge in [-0.15, -0.1) is 0 Å². The molecule has 0 aliphatic carbocycles. The van der Waals surface area contributed by atoms with Gasteiger partial charge in [0.15, 0.2) is 4.90 Å². The standard InChI is InChI=1S/C11H17N3O5S2/c1-3-12-9-4-5-10(14(15)16)11(8-9)21(18,19)13-6-7-20(2)17/h4-5,8,12-13H,3,6-7H2,1-2H3. The number of nitrogens with one attached hydrogen (secondary N) is 2. The Morgan fingerprint density at radius 3 is 2.57 bits per heavy atom. The van der Waals surface area contributed by atoms with Crippen LogP contribution in [0.3, 0.4) is 0 Å². The first-order valence-corrected chi connectivity index (χ1v) is 9.31. The fourth-order valence-electron chi connectivity index (χ4n) is 1.59. The van der Waals surface area contributed by atoms with Crippen molar-refractivity contribution in [3.05, 3.63) is 28.3 Å². The molecule has 1 atom stereocenters. The van der Waals surface area contributed by atoms with Crippen LogP contribution in [0.1, 0.15) is 6.92 Å². The third-order valence-electron chi connectivity index (χ3n) is 2.51. The SMILES string of the molecule is CCNc1ccc([N+](=O)[O-])c(S(=O)(=O)NCCS(C)=O)c1. The quantitative estimate of drug-likeness (QED) is 0.533. The average Bonchev–Trinajstić information content (AvgIpc) is 2.38. The van der Waals surface area contributed by atoms with Crippen LogP contribution in [0.2, 0.25) is 0 Å². The monoisotopic (exact) mass is 335 g/mol. The maximum Gasteiger partial charge on any atom is 0.289 e. The van der Waals surface area contributed by atoms with Crippen LogP contribution in [-0.4, -0.2) is 42.6 Å². The third-order valence-corrected chi connectivity index (χ3v) is 4.78. The Hall–Kier alpha value is -1.52. The zero-order valence-corrected chi connectivity index (χ0v) is 13.3. The second-order valence-corrected chi connectivity index (χ2v) is 7.44. The van der Waals surface area contributed by atoms with Crippen molar-refractivity contribution < 1.29 is 17.6 Å². The highest BCUT2D eigenvalue weighted by atomic mass is 32.2. The molecular formula is C11H17N3O5S2. The van der Waals surface area contributed by atoms with E-state index in [1.807, 2.05) is 6.92 Å². The van der Waals surface area contributed by atoms with E-state index in [0.29, 0.717) is 12.2 Å². The number of hydrogen-bond donors (Lipinski definition) is 2. The molecule has 0 fully saturated rings. The Morgan fingerprint density at radius 2 is 2.05 bits per heavy atom. The summed E-state index contributed by atoms with van der Waals surface area (Å²) in [7, 11) is -5.19. The molecule has 0 saturated heterocycles. The van der Waals surface area contributed by atoms with Crippen molar-refractivity contribution in [3.8, 4) is 0 Å². The van der Waals surface area contributed by atoms with Crippen LogP contribution in [0, 0.1) is 10.1 Å². The summed E-state index contributed by atoms with van der Waals surface area (Å²) in [6.45, 7) is 2.33. The molecule has 1 unspecified atom stereocenters. The van der Waals surface area contributed by atoms with Gasteiger partial charge in [-0.3, -0.25) is 14.3 Å². The van der Waals surface area contributed by atoms with Crippen molar-refractivity contribution in [3.63, 3.8) is 0 Å². The largest absolute Gasteiger partial charge is 0.385 e. The molecule has 1 aromatic rings. The molecule has 1 aromatic carbocycles. The number of anilines is 1. The van der Waals surface area contributed by atoms with Gasteiger partial charge in [-0.25, -0.2) is 13.1 Å². The van der Waals surface area contributed by atoms with E-state index < -0.39 is 36.3 Å². The molecule has 0 heterocycles. The van der Waals surface area contributed by atoms with Crippen molar-refractivity contribution in [2.75, 3.05) is 30.4 Å². The molecule has 0 aromatic heterocycles. The number of nitrogens with zero attached hydrogens (tertiary/aromatic N) is 1. The molecule has 10 heteroatoms. The molecule has 0 radical (unpaired) electrons. The lowest BCUT2D eigenvalue weighted by atomic mass is 10.3. The normalized spacial score (nSPS) is 12.9. The molecule has 8 nitrogen and oxygen atoms in total. The molecule has 0 amide bonds. The van der Waals surface area contributed by atoms with Gasteiger partial charge < -0.3 is 5.32 Å². The maximum absolute atomic E-state index is 12.2. The van der Waals surface area contributed by atoms with Crippen LogP contribution in [0.5, 0.6) is 0 Å². The maximum atomic E-state index is 12.2. The highest BCUT2D eigenvalue weighted by Crippen LogP contribution is 2.26. The minimum atomic E-state index is -4.04. The average molecular weight is 335 g/mol. The highest BCUT2D eigenvalue weighted by molar-refractivity contribution is 7.89. The summed E-state index contributed by atoms with van der Waals surface area (Å²) >= 11 is 0. The van der Waals surface area contributed by atoms with Crippen molar-refractivity contribution in [1.29, 1.82) is 0 Å². The van der Waals surface area contributed by atoms with Crippen LogP contribution in [0.15, 0.2) is 23.1 Å². The lowest BCUT2D eigenvalue weighted by molar-refractivity contribution is -0.387. The van der Waals surface area contributed by atoms with Gasteiger partial charge in [-0.1, -0.05) is 0 Å². The summed E-state index contributed by atoms with van der Waals surface area (Å²) in [6.07, 6.45) is 1.45. The second kappa shape index (κ2) is 7.48. The van der Waals surface area contributed by atoms with Gasteiger partial charge in [0.25, 0.3) is 5.69 Å². The zero-order valence-electron chi connectivity index (χ0n) is 11.7. The smallest absolute Gasteiger partial charge is 0.289 e. The third kappa shape index (κ3) is 5.06. The number of nitro groups is 1. The van der Waals surface area contributed by atoms with Crippen LogP contribution in [0.25, 0.3) is 0 Å². The first-order chi connectivity index (χ1) is 9.77.